The minimum absolute atomic E-state index is 0.0552. The normalized spacial score (nSPS) is 16.8. The fraction of sp³-hybridized carbons (Fsp3) is 0.444. The largest absolute Gasteiger partial charge is 0.337 e. The molecule has 1 saturated heterocycles. The average molecular weight is 344 g/mol. The molecular formula is C18H24N4OS. The fourth-order valence-corrected chi connectivity index (χ4v) is 3.91. The summed E-state index contributed by atoms with van der Waals surface area (Å²) >= 11 is 1.79. The van der Waals surface area contributed by atoms with E-state index < -0.39 is 0 Å². The lowest BCUT2D eigenvalue weighted by atomic mass is 10.1. The number of amides is 2. The van der Waals surface area contributed by atoms with Crippen LogP contribution in [0.15, 0.2) is 53.9 Å². The first kappa shape index (κ1) is 16.9. The van der Waals surface area contributed by atoms with Crippen molar-refractivity contribution in [2.75, 3.05) is 19.6 Å². The van der Waals surface area contributed by atoms with Crippen molar-refractivity contribution in [3.8, 4) is 0 Å². The van der Waals surface area contributed by atoms with Gasteiger partial charge in [0.05, 0.1) is 6.33 Å². The summed E-state index contributed by atoms with van der Waals surface area (Å²) in [7, 11) is 0. The summed E-state index contributed by atoms with van der Waals surface area (Å²) in [5.41, 5.74) is 0. The molecular weight excluding hydrogens is 320 g/mol. The number of piperidine rings is 1. The topological polar surface area (TPSA) is 50.2 Å². The van der Waals surface area contributed by atoms with E-state index >= 15 is 0 Å². The van der Waals surface area contributed by atoms with Gasteiger partial charge in [-0.15, -0.1) is 11.8 Å². The van der Waals surface area contributed by atoms with Crippen LogP contribution in [0.1, 0.15) is 25.8 Å². The number of carbonyl (C=O) groups excluding carboxylic acids is 1. The molecule has 1 unspecified atom stereocenters. The molecule has 6 heteroatoms. The van der Waals surface area contributed by atoms with E-state index in [-0.39, 0.29) is 6.03 Å². The van der Waals surface area contributed by atoms with E-state index in [1.54, 1.807) is 11.8 Å². The van der Waals surface area contributed by atoms with Crippen molar-refractivity contribution < 1.29 is 4.79 Å². The van der Waals surface area contributed by atoms with Crippen LogP contribution in [0.4, 0.5) is 4.79 Å². The van der Waals surface area contributed by atoms with Crippen molar-refractivity contribution in [3.05, 3.63) is 49.1 Å². The molecule has 1 fully saturated rings. The molecule has 1 aromatic carbocycles. The number of benzene rings is 1. The smallest absolute Gasteiger partial charge is 0.317 e. The first-order chi connectivity index (χ1) is 11.7. The number of carbonyl (C=O) groups is 1. The maximum absolute atomic E-state index is 12.3. The van der Waals surface area contributed by atoms with Crippen molar-refractivity contribution >= 4 is 17.8 Å². The molecule has 2 amide bonds. The number of aromatic nitrogens is 2. The molecule has 0 radical (unpaired) electrons. The number of likely N-dealkylation sites (tertiary alicyclic amines) is 1. The Labute approximate surface area is 147 Å². The van der Waals surface area contributed by atoms with Crippen molar-refractivity contribution in [1.82, 2.24) is 19.8 Å². The predicted molar refractivity (Wildman–Crippen MR) is 97.2 cm³/mol. The van der Waals surface area contributed by atoms with Gasteiger partial charge in [-0.25, -0.2) is 9.78 Å². The van der Waals surface area contributed by atoms with Crippen LogP contribution in [0.2, 0.25) is 0 Å². The van der Waals surface area contributed by atoms with Gasteiger partial charge in [0.25, 0.3) is 0 Å². The Kier molecular flexibility index (Phi) is 5.80. The summed E-state index contributed by atoms with van der Waals surface area (Å²) in [6.45, 7) is 4.42. The average Bonchev–Trinajstić information content (AvgIpc) is 3.15. The van der Waals surface area contributed by atoms with Crippen LogP contribution in [0, 0.1) is 0 Å². The highest BCUT2D eigenvalue weighted by Crippen LogP contribution is 2.23. The third kappa shape index (κ3) is 4.54. The molecule has 1 aliphatic rings. The summed E-state index contributed by atoms with van der Waals surface area (Å²) in [6.07, 6.45) is 7.65. The zero-order valence-electron chi connectivity index (χ0n) is 14.0. The van der Waals surface area contributed by atoms with E-state index in [4.69, 9.17) is 0 Å². The van der Waals surface area contributed by atoms with Crippen molar-refractivity contribution in [3.63, 3.8) is 0 Å². The van der Waals surface area contributed by atoms with E-state index in [1.165, 1.54) is 4.90 Å². The standard InChI is InChI=1S/C18H24N4OS/c1-15(24-17-5-3-2-4-6-17)13-20-18(23)21-10-7-16(8-11-21)22-12-9-19-14-22/h2-6,9,12,14-16H,7-8,10-11,13H2,1H3,(H,20,23). The van der Waals surface area contributed by atoms with E-state index in [0.717, 1.165) is 25.9 Å². The molecule has 0 bridgehead atoms. The van der Waals surface area contributed by atoms with E-state index in [1.807, 2.05) is 41.8 Å². The van der Waals surface area contributed by atoms with Gasteiger partial charge >= 0.3 is 6.03 Å². The third-order valence-corrected chi connectivity index (χ3v) is 5.43. The van der Waals surface area contributed by atoms with Gasteiger partial charge in [0, 0.05) is 48.2 Å². The minimum atomic E-state index is 0.0552. The predicted octanol–water partition coefficient (Wildman–Crippen LogP) is 3.41. The highest BCUT2D eigenvalue weighted by atomic mass is 32.2. The van der Waals surface area contributed by atoms with Gasteiger partial charge in [-0.2, -0.15) is 0 Å². The van der Waals surface area contributed by atoms with Crippen LogP contribution in [-0.4, -0.2) is 45.4 Å². The van der Waals surface area contributed by atoms with Gasteiger partial charge in [-0.1, -0.05) is 25.1 Å². The molecule has 5 nitrogen and oxygen atoms in total. The van der Waals surface area contributed by atoms with E-state index in [9.17, 15) is 4.79 Å². The highest BCUT2D eigenvalue weighted by molar-refractivity contribution is 8.00. The summed E-state index contributed by atoms with van der Waals surface area (Å²) < 4.78 is 2.15. The molecule has 24 heavy (non-hydrogen) atoms. The Bertz CT molecular complexity index is 624. The van der Waals surface area contributed by atoms with Gasteiger partial charge < -0.3 is 14.8 Å². The molecule has 1 atom stereocenters. The zero-order valence-corrected chi connectivity index (χ0v) is 14.8. The molecule has 3 rings (SSSR count). The van der Waals surface area contributed by atoms with E-state index in [0.29, 0.717) is 17.8 Å². The second-order valence-electron chi connectivity index (χ2n) is 6.16. The summed E-state index contributed by atoms with van der Waals surface area (Å²) in [5, 5.41) is 3.42. The molecule has 2 aromatic rings. The lowest BCUT2D eigenvalue weighted by Gasteiger charge is -2.32. The molecule has 0 spiro atoms. The second kappa shape index (κ2) is 8.24. The Hall–Kier alpha value is -1.95. The third-order valence-electron chi connectivity index (χ3n) is 4.32. The van der Waals surface area contributed by atoms with Crippen LogP contribution < -0.4 is 5.32 Å². The van der Waals surface area contributed by atoms with E-state index in [2.05, 4.69) is 33.9 Å². The summed E-state index contributed by atoms with van der Waals surface area (Å²) in [5.74, 6) is 0. The molecule has 1 aromatic heterocycles. The molecule has 128 valence electrons. The van der Waals surface area contributed by atoms with Crippen molar-refractivity contribution in [2.45, 2.75) is 36.0 Å². The Morgan fingerprint density at radius 1 is 1.33 bits per heavy atom. The van der Waals surface area contributed by atoms with Gasteiger partial charge in [0.1, 0.15) is 0 Å². The van der Waals surface area contributed by atoms with Crippen LogP contribution in [0.25, 0.3) is 0 Å². The number of nitrogens with one attached hydrogen (secondary N) is 1. The van der Waals surface area contributed by atoms with Crippen molar-refractivity contribution in [2.24, 2.45) is 0 Å². The summed E-state index contributed by atoms with van der Waals surface area (Å²) in [6, 6.07) is 10.8. The maximum Gasteiger partial charge on any atom is 0.317 e. The maximum atomic E-state index is 12.3. The van der Waals surface area contributed by atoms with Gasteiger partial charge in [-0.05, 0) is 25.0 Å². The first-order valence-electron chi connectivity index (χ1n) is 8.44. The minimum Gasteiger partial charge on any atom is -0.337 e. The van der Waals surface area contributed by atoms with Crippen LogP contribution in [-0.2, 0) is 0 Å². The molecule has 0 saturated carbocycles. The summed E-state index contributed by atoms with van der Waals surface area (Å²) in [4.78, 5) is 19.6. The number of hydrogen-bond donors (Lipinski definition) is 1. The van der Waals surface area contributed by atoms with Crippen LogP contribution in [0.5, 0.6) is 0 Å². The second-order valence-corrected chi connectivity index (χ2v) is 7.67. The van der Waals surface area contributed by atoms with Gasteiger partial charge in [0.15, 0.2) is 0 Å². The molecule has 0 aliphatic carbocycles. The first-order valence-corrected chi connectivity index (χ1v) is 9.32. The molecule has 1 N–H and O–H groups in total. The van der Waals surface area contributed by atoms with Crippen molar-refractivity contribution in [1.29, 1.82) is 0 Å². The monoisotopic (exact) mass is 344 g/mol. The van der Waals surface area contributed by atoms with Gasteiger partial charge in [-0.3, -0.25) is 0 Å². The highest BCUT2D eigenvalue weighted by Gasteiger charge is 2.23. The van der Waals surface area contributed by atoms with Gasteiger partial charge in [0.2, 0.25) is 0 Å². The Morgan fingerprint density at radius 3 is 2.75 bits per heavy atom. The molecule has 1 aliphatic heterocycles. The van der Waals surface area contributed by atoms with Crippen LogP contribution >= 0.6 is 11.8 Å². The number of hydrogen-bond acceptors (Lipinski definition) is 3. The Morgan fingerprint density at radius 2 is 2.08 bits per heavy atom. The van der Waals surface area contributed by atoms with Crippen LogP contribution in [0.3, 0.4) is 0 Å². The number of nitrogens with zero attached hydrogens (tertiary/aromatic N) is 3. The molecule has 2 heterocycles. The quantitative estimate of drug-likeness (QED) is 0.846. The number of imidazole rings is 1. The lowest BCUT2D eigenvalue weighted by molar-refractivity contribution is 0.172. The number of urea groups is 1. The number of rotatable bonds is 5. The number of thioether (sulfide) groups is 1. The lowest BCUT2D eigenvalue weighted by Crippen LogP contribution is -2.46. The SMILES string of the molecule is CC(CNC(=O)N1CCC(n2ccnc2)CC1)Sc1ccccc1. The fourth-order valence-electron chi connectivity index (χ4n) is 2.97. The Balaban J connectivity index is 1.39. The zero-order chi connectivity index (χ0) is 16.8.